The first-order valence-electron chi connectivity index (χ1n) is 7.66. The van der Waals surface area contributed by atoms with E-state index in [4.69, 9.17) is 9.94 Å². The van der Waals surface area contributed by atoms with E-state index >= 15 is 0 Å². The van der Waals surface area contributed by atoms with E-state index in [2.05, 4.69) is 15.4 Å². The quantitative estimate of drug-likeness (QED) is 0.690. The van der Waals surface area contributed by atoms with Gasteiger partial charge in [0.15, 0.2) is 5.69 Å². The van der Waals surface area contributed by atoms with Gasteiger partial charge >= 0.3 is 0 Å². The van der Waals surface area contributed by atoms with Gasteiger partial charge in [-0.25, -0.2) is 9.67 Å². The van der Waals surface area contributed by atoms with E-state index in [1.807, 2.05) is 0 Å². The van der Waals surface area contributed by atoms with Crippen LogP contribution in [0, 0.1) is 5.92 Å². The first-order valence-corrected chi connectivity index (χ1v) is 7.66. The molecule has 23 heavy (non-hydrogen) atoms. The average molecular weight is 316 g/mol. The van der Waals surface area contributed by atoms with Crippen molar-refractivity contribution < 1.29 is 19.5 Å². The second-order valence-electron chi connectivity index (χ2n) is 5.87. The largest absolute Gasteiger partial charge is 0.395 e. The van der Waals surface area contributed by atoms with Gasteiger partial charge < -0.3 is 10.4 Å². The lowest BCUT2D eigenvalue weighted by Crippen LogP contribution is -2.40. The number of hydrogen-bond donors (Lipinski definition) is 2. The highest BCUT2D eigenvalue weighted by Gasteiger charge is 2.50. The average Bonchev–Trinajstić information content (AvgIpc) is 3.08. The number of aromatic nitrogens is 4. The Morgan fingerprint density at radius 3 is 3.26 bits per heavy atom. The summed E-state index contributed by atoms with van der Waals surface area (Å²) in [6.45, 7) is 0.133. The van der Waals surface area contributed by atoms with Crippen LogP contribution >= 0.6 is 0 Å². The highest BCUT2D eigenvalue weighted by atomic mass is 16.6. The molecule has 2 aromatic heterocycles. The van der Waals surface area contributed by atoms with Crippen molar-refractivity contribution in [2.45, 2.75) is 18.8 Å². The summed E-state index contributed by atoms with van der Waals surface area (Å²) in [5.41, 5.74) is 2.54. The number of nitrogens with one attached hydrogen (secondary N) is 1. The molecule has 0 aliphatic heterocycles. The van der Waals surface area contributed by atoms with Gasteiger partial charge in [-0.15, -0.1) is 0 Å². The summed E-state index contributed by atoms with van der Waals surface area (Å²) >= 11 is 0. The molecule has 1 fully saturated rings. The number of amides is 1. The highest BCUT2D eigenvalue weighted by Crippen LogP contribution is 2.57. The lowest BCUT2D eigenvalue weighted by atomic mass is 10.1. The fourth-order valence-electron chi connectivity index (χ4n) is 3.31. The first kappa shape index (κ1) is 14.1. The third-order valence-corrected chi connectivity index (χ3v) is 4.47. The molecule has 8 heteroatoms. The molecule has 0 spiro atoms. The second-order valence-corrected chi connectivity index (χ2v) is 5.87. The second kappa shape index (κ2) is 5.31. The normalized spacial score (nSPS) is 20.8. The summed E-state index contributed by atoms with van der Waals surface area (Å²) in [4.78, 5) is 21.8. The third-order valence-electron chi connectivity index (χ3n) is 4.47. The summed E-state index contributed by atoms with van der Waals surface area (Å²) < 4.78 is 3.30. The molecule has 8 nitrogen and oxygen atoms in total. The number of carbonyl (C=O) groups excluding carboxylic acids is 1. The van der Waals surface area contributed by atoms with Crippen LogP contribution in [0.4, 0.5) is 0 Å². The van der Waals surface area contributed by atoms with Gasteiger partial charge in [0.2, 0.25) is 12.0 Å². The lowest BCUT2D eigenvalue weighted by molar-refractivity contribution is -0.885. The van der Waals surface area contributed by atoms with Crippen LogP contribution in [0.15, 0.2) is 18.6 Å². The van der Waals surface area contributed by atoms with E-state index in [-0.39, 0.29) is 19.1 Å². The first-order chi connectivity index (χ1) is 11.2. The van der Waals surface area contributed by atoms with Crippen molar-refractivity contribution in [2.24, 2.45) is 5.92 Å². The molecule has 2 atom stereocenters. The maximum atomic E-state index is 12.3. The Morgan fingerprint density at radius 1 is 1.61 bits per heavy atom. The fraction of sp³-hybridized carbons (Fsp3) is 0.467. The summed E-state index contributed by atoms with van der Waals surface area (Å²) in [6.07, 6.45) is 7.10. The van der Waals surface area contributed by atoms with Crippen LogP contribution in [0.2, 0.25) is 0 Å². The molecule has 0 aromatic carbocycles. The summed E-state index contributed by atoms with van der Waals surface area (Å²) in [7, 11) is 1.57. The van der Waals surface area contributed by atoms with Crippen LogP contribution in [-0.2, 0) is 6.42 Å². The Morgan fingerprint density at radius 2 is 2.48 bits per heavy atom. The topological polar surface area (TPSA) is 93.2 Å². The molecule has 2 unspecified atom stereocenters. The molecule has 2 aliphatic carbocycles. The molecule has 4 rings (SSSR count). The molecule has 2 aliphatic rings. The van der Waals surface area contributed by atoms with Crippen molar-refractivity contribution in [3.05, 3.63) is 35.5 Å². The minimum Gasteiger partial charge on any atom is -0.395 e. The highest BCUT2D eigenvalue weighted by molar-refractivity contribution is 5.94. The van der Waals surface area contributed by atoms with Gasteiger partial charge in [0.1, 0.15) is 7.11 Å². The van der Waals surface area contributed by atoms with Gasteiger partial charge in [-0.2, -0.15) is 5.10 Å². The molecule has 1 amide bonds. The van der Waals surface area contributed by atoms with Crippen molar-refractivity contribution in [2.75, 3.05) is 20.3 Å². The zero-order chi connectivity index (χ0) is 16.0. The van der Waals surface area contributed by atoms with Crippen LogP contribution in [-0.4, -0.2) is 46.0 Å². The SMILES string of the molecule is CO[n+]1ccnc(-n2nc(C(=O)NCCO)c3c2C2CC2C3)c1. The van der Waals surface area contributed by atoms with E-state index in [0.717, 1.165) is 24.1 Å². The predicted octanol–water partition coefficient (Wildman–Crippen LogP) is -1.01. The van der Waals surface area contributed by atoms with Gasteiger partial charge in [-0.1, -0.05) is 0 Å². The molecule has 1 saturated carbocycles. The van der Waals surface area contributed by atoms with Crippen molar-refractivity contribution in [3.8, 4) is 5.82 Å². The number of hydrogen-bond acceptors (Lipinski definition) is 5. The molecule has 2 heterocycles. The maximum absolute atomic E-state index is 12.3. The molecule has 0 radical (unpaired) electrons. The van der Waals surface area contributed by atoms with Crippen LogP contribution in [0.25, 0.3) is 5.82 Å². The fourth-order valence-corrected chi connectivity index (χ4v) is 3.31. The number of aliphatic hydroxyl groups is 1. The summed E-state index contributed by atoms with van der Waals surface area (Å²) in [5.74, 6) is 1.47. The predicted molar refractivity (Wildman–Crippen MR) is 78.0 cm³/mol. The Bertz CT molecular complexity index is 772. The van der Waals surface area contributed by atoms with Gasteiger partial charge in [-0.3, -0.25) is 9.63 Å². The van der Waals surface area contributed by atoms with Crippen LogP contribution in [0.5, 0.6) is 0 Å². The Kier molecular flexibility index (Phi) is 3.26. The molecule has 2 N–H and O–H groups in total. The summed E-state index contributed by atoms with van der Waals surface area (Å²) in [6, 6.07) is 0. The Balaban J connectivity index is 1.77. The van der Waals surface area contributed by atoms with E-state index in [9.17, 15) is 4.79 Å². The Hall–Kier alpha value is -2.48. The number of aliphatic hydroxyl groups excluding tert-OH is 1. The van der Waals surface area contributed by atoms with Gasteiger partial charge in [-0.05, 0) is 18.8 Å². The van der Waals surface area contributed by atoms with Crippen molar-refractivity contribution in [1.82, 2.24) is 20.1 Å². The molecule has 0 bridgehead atoms. The molecule has 2 aromatic rings. The van der Waals surface area contributed by atoms with Gasteiger partial charge in [0.25, 0.3) is 12.1 Å². The van der Waals surface area contributed by atoms with Gasteiger partial charge in [0, 0.05) is 22.8 Å². The van der Waals surface area contributed by atoms with E-state index in [1.165, 1.54) is 0 Å². The monoisotopic (exact) mass is 316 g/mol. The van der Waals surface area contributed by atoms with Crippen LogP contribution in [0.3, 0.4) is 0 Å². The number of fused-ring (bicyclic) bond motifs is 3. The van der Waals surface area contributed by atoms with Crippen LogP contribution < -0.4 is 14.9 Å². The molecule has 120 valence electrons. The molecular formula is C15H18N5O3+. The molecule has 0 saturated heterocycles. The maximum Gasteiger partial charge on any atom is 0.272 e. The Labute approximate surface area is 132 Å². The number of nitrogens with zero attached hydrogens (tertiary/aromatic N) is 4. The van der Waals surface area contributed by atoms with E-state index < -0.39 is 0 Å². The molecular weight excluding hydrogens is 298 g/mol. The zero-order valence-corrected chi connectivity index (χ0v) is 12.8. The zero-order valence-electron chi connectivity index (χ0n) is 12.8. The smallest absolute Gasteiger partial charge is 0.272 e. The van der Waals surface area contributed by atoms with Crippen molar-refractivity contribution in [1.29, 1.82) is 0 Å². The summed E-state index contributed by atoms with van der Waals surface area (Å²) in [5, 5.41) is 16.1. The minimum absolute atomic E-state index is 0.0893. The third kappa shape index (κ3) is 2.26. The van der Waals surface area contributed by atoms with Gasteiger partial charge in [0.05, 0.1) is 18.5 Å². The van der Waals surface area contributed by atoms with E-state index in [1.54, 1.807) is 35.1 Å². The standard InChI is InChI=1S/C15H17N5O3/c1-23-19-4-2-16-12(8-19)20-14-10-6-9(10)7-11(14)13(18-20)15(22)17-3-5-21/h2,4,8-10,21H,3,5-7H2,1H3/p+1. The van der Waals surface area contributed by atoms with Crippen molar-refractivity contribution >= 4 is 5.91 Å². The minimum atomic E-state index is -0.245. The number of carbonyl (C=O) groups is 1. The van der Waals surface area contributed by atoms with Crippen LogP contribution in [0.1, 0.15) is 34.1 Å². The number of rotatable bonds is 5. The van der Waals surface area contributed by atoms with E-state index in [0.29, 0.717) is 23.3 Å². The lowest BCUT2D eigenvalue weighted by Gasteiger charge is -2.03. The van der Waals surface area contributed by atoms with Crippen molar-refractivity contribution in [3.63, 3.8) is 0 Å².